The van der Waals surface area contributed by atoms with Crippen molar-refractivity contribution in [2.24, 2.45) is 0 Å². The van der Waals surface area contributed by atoms with Gasteiger partial charge in [-0.15, -0.1) is 22.9 Å². The van der Waals surface area contributed by atoms with Gasteiger partial charge in [0.25, 0.3) is 5.91 Å². The fraction of sp³-hybridized carbons (Fsp3) is 0.615. The number of halogens is 1. The Hall–Kier alpha value is -0.540. The first-order chi connectivity index (χ1) is 8.29. The molecular weight excluding hydrogens is 254 g/mol. The zero-order valence-electron chi connectivity index (χ0n) is 9.75. The summed E-state index contributed by atoms with van der Waals surface area (Å²) in [7, 11) is 0. The van der Waals surface area contributed by atoms with Crippen LogP contribution in [0.4, 0.5) is 0 Å². The number of carbonyl (C=O) groups is 1. The standard InChI is InChI=1S/C13H16ClNOS/c14-6-7-15(10-4-5-10)13(16)12-8-9-2-1-3-11(9)17-12/h8,10H,1-7H2. The lowest BCUT2D eigenvalue weighted by molar-refractivity contribution is 0.0758. The Morgan fingerprint density at radius 3 is 2.94 bits per heavy atom. The van der Waals surface area contributed by atoms with Gasteiger partial charge in [-0.25, -0.2) is 0 Å². The van der Waals surface area contributed by atoms with E-state index in [1.807, 2.05) is 4.90 Å². The summed E-state index contributed by atoms with van der Waals surface area (Å²) in [6.45, 7) is 0.688. The summed E-state index contributed by atoms with van der Waals surface area (Å²) in [6, 6.07) is 2.57. The highest BCUT2D eigenvalue weighted by Gasteiger charge is 2.33. The molecule has 1 aromatic heterocycles. The van der Waals surface area contributed by atoms with Gasteiger partial charge in [-0.1, -0.05) is 0 Å². The van der Waals surface area contributed by atoms with Gasteiger partial charge in [-0.05, 0) is 43.7 Å². The Bertz CT molecular complexity index is 417. The normalized spacial score (nSPS) is 18.2. The fourth-order valence-electron chi connectivity index (χ4n) is 2.50. The van der Waals surface area contributed by atoms with Gasteiger partial charge in [-0.2, -0.15) is 0 Å². The molecule has 1 amide bonds. The molecule has 1 aromatic rings. The Kier molecular flexibility index (Phi) is 3.14. The second kappa shape index (κ2) is 4.62. The highest BCUT2D eigenvalue weighted by Crippen LogP contribution is 2.34. The van der Waals surface area contributed by atoms with Gasteiger partial charge in [0, 0.05) is 23.3 Å². The molecule has 17 heavy (non-hydrogen) atoms. The maximum Gasteiger partial charge on any atom is 0.264 e. The maximum absolute atomic E-state index is 12.4. The summed E-state index contributed by atoms with van der Waals surface area (Å²) < 4.78 is 0. The van der Waals surface area contributed by atoms with E-state index in [1.165, 1.54) is 16.9 Å². The van der Waals surface area contributed by atoms with Crippen LogP contribution in [0.25, 0.3) is 0 Å². The van der Waals surface area contributed by atoms with E-state index in [9.17, 15) is 4.79 Å². The molecule has 0 aliphatic heterocycles. The first-order valence-corrected chi connectivity index (χ1v) is 7.63. The van der Waals surface area contributed by atoms with Crippen LogP contribution in [-0.2, 0) is 12.8 Å². The second-order valence-corrected chi connectivity index (χ2v) is 6.35. The monoisotopic (exact) mass is 269 g/mol. The van der Waals surface area contributed by atoms with Crippen LogP contribution in [-0.4, -0.2) is 29.3 Å². The molecule has 0 radical (unpaired) electrons. The molecule has 0 saturated heterocycles. The minimum absolute atomic E-state index is 0.201. The van der Waals surface area contributed by atoms with E-state index in [1.54, 1.807) is 11.3 Å². The molecule has 4 heteroatoms. The van der Waals surface area contributed by atoms with Crippen molar-refractivity contribution in [2.75, 3.05) is 12.4 Å². The third-order valence-corrected chi connectivity index (χ3v) is 4.93. The summed E-state index contributed by atoms with van der Waals surface area (Å²) >= 11 is 7.48. The van der Waals surface area contributed by atoms with E-state index >= 15 is 0 Å². The largest absolute Gasteiger partial charge is 0.334 e. The summed E-state index contributed by atoms with van der Waals surface area (Å²) in [5.74, 6) is 0.736. The van der Waals surface area contributed by atoms with Gasteiger partial charge < -0.3 is 4.90 Å². The average molecular weight is 270 g/mol. The van der Waals surface area contributed by atoms with Gasteiger partial charge in [0.05, 0.1) is 4.88 Å². The van der Waals surface area contributed by atoms with E-state index in [0.29, 0.717) is 18.5 Å². The van der Waals surface area contributed by atoms with Crippen LogP contribution in [0.15, 0.2) is 6.07 Å². The first-order valence-electron chi connectivity index (χ1n) is 6.28. The van der Waals surface area contributed by atoms with Crippen LogP contribution >= 0.6 is 22.9 Å². The predicted molar refractivity (Wildman–Crippen MR) is 71.1 cm³/mol. The number of rotatable bonds is 4. The highest BCUT2D eigenvalue weighted by atomic mass is 35.5. The zero-order chi connectivity index (χ0) is 11.8. The minimum Gasteiger partial charge on any atom is -0.334 e. The van der Waals surface area contributed by atoms with Crippen molar-refractivity contribution in [1.82, 2.24) is 4.90 Å². The summed E-state index contributed by atoms with van der Waals surface area (Å²) in [6.07, 6.45) is 5.86. The number of nitrogens with zero attached hydrogens (tertiary/aromatic N) is 1. The van der Waals surface area contributed by atoms with Gasteiger partial charge in [0.15, 0.2) is 0 Å². The van der Waals surface area contributed by atoms with Crippen LogP contribution in [0.1, 0.15) is 39.4 Å². The molecule has 2 aliphatic carbocycles. The predicted octanol–water partition coefficient (Wildman–Crippen LogP) is 3.08. The molecule has 0 aromatic carbocycles. The number of thiophene rings is 1. The Morgan fingerprint density at radius 1 is 1.47 bits per heavy atom. The lowest BCUT2D eigenvalue weighted by Crippen LogP contribution is -2.34. The van der Waals surface area contributed by atoms with E-state index < -0.39 is 0 Å². The highest BCUT2D eigenvalue weighted by molar-refractivity contribution is 7.14. The van der Waals surface area contributed by atoms with Gasteiger partial charge in [0.2, 0.25) is 0 Å². The number of alkyl halides is 1. The van der Waals surface area contributed by atoms with Crippen LogP contribution in [0.5, 0.6) is 0 Å². The average Bonchev–Trinajstić information content (AvgIpc) is 2.91. The Labute approximate surface area is 111 Å². The quantitative estimate of drug-likeness (QED) is 0.770. The summed E-state index contributed by atoms with van der Waals surface area (Å²) in [5.41, 5.74) is 1.40. The number of fused-ring (bicyclic) bond motifs is 1. The number of amides is 1. The van der Waals surface area contributed by atoms with Gasteiger partial charge >= 0.3 is 0 Å². The second-order valence-electron chi connectivity index (χ2n) is 4.83. The molecule has 0 N–H and O–H groups in total. The van der Waals surface area contributed by atoms with Gasteiger partial charge in [0.1, 0.15) is 0 Å². The molecule has 3 rings (SSSR count). The van der Waals surface area contributed by atoms with Crippen molar-refractivity contribution < 1.29 is 4.79 Å². The topological polar surface area (TPSA) is 20.3 Å². The fourth-order valence-corrected chi connectivity index (χ4v) is 3.89. The molecular formula is C13H16ClNOS. The molecule has 1 saturated carbocycles. The zero-order valence-corrected chi connectivity index (χ0v) is 11.3. The molecule has 0 spiro atoms. The number of hydrogen-bond acceptors (Lipinski definition) is 2. The van der Waals surface area contributed by atoms with Crippen LogP contribution in [0.3, 0.4) is 0 Å². The van der Waals surface area contributed by atoms with Crippen molar-refractivity contribution in [3.63, 3.8) is 0 Å². The SMILES string of the molecule is O=C(c1cc2c(s1)CCC2)N(CCCl)C1CC1. The molecule has 0 atom stereocenters. The molecule has 2 aliphatic rings. The van der Waals surface area contributed by atoms with E-state index in [2.05, 4.69) is 6.07 Å². The first kappa shape index (κ1) is 11.5. The van der Waals surface area contributed by atoms with Crippen molar-refractivity contribution >= 4 is 28.8 Å². The molecule has 92 valence electrons. The summed E-state index contributed by atoms with van der Waals surface area (Å²) in [5, 5.41) is 0. The third kappa shape index (κ3) is 2.23. The van der Waals surface area contributed by atoms with E-state index in [4.69, 9.17) is 11.6 Å². The Morgan fingerprint density at radius 2 is 2.29 bits per heavy atom. The smallest absolute Gasteiger partial charge is 0.264 e. The third-order valence-electron chi connectivity index (χ3n) is 3.53. The van der Waals surface area contributed by atoms with Gasteiger partial charge in [-0.3, -0.25) is 4.79 Å². The van der Waals surface area contributed by atoms with Crippen LogP contribution in [0.2, 0.25) is 0 Å². The maximum atomic E-state index is 12.4. The molecule has 1 heterocycles. The van der Waals surface area contributed by atoms with Crippen molar-refractivity contribution in [3.8, 4) is 0 Å². The van der Waals surface area contributed by atoms with Crippen molar-refractivity contribution in [3.05, 3.63) is 21.4 Å². The van der Waals surface area contributed by atoms with E-state index in [0.717, 1.165) is 30.6 Å². The molecule has 2 nitrogen and oxygen atoms in total. The molecule has 0 bridgehead atoms. The number of carbonyl (C=O) groups excluding carboxylic acids is 1. The summed E-state index contributed by atoms with van der Waals surface area (Å²) in [4.78, 5) is 16.7. The van der Waals surface area contributed by atoms with Crippen LogP contribution in [0, 0.1) is 0 Å². The lowest BCUT2D eigenvalue weighted by Gasteiger charge is -2.20. The van der Waals surface area contributed by atoms with Crippen LogP contribution < -0.4 is 0 Å². The number of aryl methyl sites for hydroxylation is 2. The minimum atomic E-state index is 0.201. The van der Waals surface area contributed by atoms with E-state index in [-0.39, 0.29) is 5.91 Å². The Balaban J connectivity index is 1.79. The molecule has 0 unspecified atom stereocenters. The molecule has 1 fully saturated rings. The van der Waals surface area contributed by atoms with Crippen molar-refractivity contribution in [1.29, 1.82) is 0 Å². The number of hydrogen-bond donors (Lipinski definition) is 0. The lowest BCUT2D eigenvalue weighted by atomic mass is 10.2. The van der Waals surface area contributed by atoms with Crippen molar-refractivity contribution in [2.45, 2.75) is 38.1 Å².